The lowest BCUT2D eigenvalue weighted by Gasteiger charge is -2.28. The molecule has 0 aliphatic rings. The van der Waals surface area contributed by atoms with Crippen LogP contribution in [0.5, 0.6) is 11.5 Å². The summed E-state index contributed by atoms with van der Waals surface area (Å²) < 4.78 is 35.1. The number of hydrogen-bond acceptors (Lipinski definition) is 10. The Morgan fingerprint density at radius 2 is 0.898 bits per heavy atom. The lowest BCUT2D eigenvalue weighted by Crippen LogP contribution is -2.20. The van der Waals surface area contributed by atoms with Crippen molar-refractivity contribution >= 4 is 87.6 Å². The van der Waals surface area contributed by atoms with Gasteiger partial charge in [-0.3, -0.25) is 9.59 Å². The van der Waals surface area contributed by atoms with Gasteiger partial charge in [-0.15, -0.1) is 0 Å². The van der Waals surface area contributed by atoms with Gasteiger partial charge in [0.1, 0.15) is 37.9 Å². The van der Waals surface area contributed by atoms with Gasteiger partial charge in [-0.25, -0.2) is 9.59 Å². The van der Waals surface area contributed by atoms with Crippen LogP contribution in [0.1, 0.15) is 64.5 Å². The maximum Gasteiger partial charge on any atom is 0.333 e. The van der Waals surface area contributed by atoms with Crippen LogP contribution in [0.15, 0.2) is 66.5 Å². The molecule has 268 valence electrons. The summed E-state index contributed by atoms with van der Waals surface area (Å²) in [5.74, 6) is -0.647. The van der Waals surface area contributed by atoms with E-state index in [0.717, 1.165) is 29.0 Å². The molecule has 0 unspecified atom stereocenters. The summed E-state index contributed by atoms with van der Waals surface area (Å²) in [6.07, 6.45) is 0.948. The summed E-state index contributed by atoms with van der Waals surface area (Å²) in [7, 11) is 0. The zero-order chi connectivity index (χ0) is 36.7. The van der Waals surface area contributed by atoms with Gasteiger partial charge in [0, 0.05) is 29.4 Å². The smallest absolute Gasteiger partial charge is 0.333 e. The Kier molecular flexibility index (Phi) is 18.1. The van der Waals surface area contributed by atoms with Crippen molar-refractivity contribution in [3.8, 4) is 11.5 Å². The van der Waals surface area contributed by atoms with Crippen LogP contribution in [0, 0.1) is 0 Å². The first-order chi connectivity index (χ1) is 23.0. The van der Waals surface area contributed by atoms with Gasteiger partial charge >= 0.3 is 23.9 Å². The molecule has 0 heterocycles. The second-order valence-electron chi connectivity index (χ2n) is 11.3. The van der Waals surface area contributed by atoms with Crippen LogP contribution in [0.3, 0.4) is 0 Å². The highest BCUT2D eigenvalue weighted by Gasteiger charge is 2.27. The molecule has 2 aromatic rings. The summed E-state index contributed by atoms with van der Waals surface area (Å²) in [6, 6.07) is 7.90. The molecule has 49 heavy (non-hydrogen) atoms. The number of carbonyl (C=O) groups excluding carboxylic acids is 4. The summed E-state index contributed by atoms with van der Waals surface area (Å²) in [5.41, 5.74) is 2.15. The Balaban J connectivity index is 1.89. The van der Waals surface area contributed by atoms with Crippen LogP contribution in [0.2, 0.25) is 0 Å². The van der Waals surface area contributed by atoms with Crippen molar-refractivity contribution < 1.29 is 47.6 Å². The molecular weight excluding hydrogens is 900 g/mol. The fourth-order valence-electron chi connectivity index (χ4n) is 4.04. The van der Waals surface area contributed by atoms with E-state index in [2.05, 4.69) is 90.7 Å². The fourth-order valence-corrected chi connectivity index (χ4v) is 6.87. The molecule has 0 aliphatic heterocycles. The lowest BCUT2D eigenvalue weighted by molar-refractivity contribution is -0.146. The van der Waals surface area contributed by atoms with Crippen LogP contribution in [0.25, 0.3) is 0 Å². The standard InChI is InChI=1S/C35H40Br4O10/c1-21(2)33(42)48-11-7-9-29(40)44-13-15-46-31-25(36)17-23(18-26(31)37)35(5,6)24-19-27(38)32(28(39)20-24)47-16-14-45-30(41)10-8-12-49-34(43)22(3)4/h17-20H,1,3,7-16H2,2,4-6H3. The molecule has 0 saturated carbocycles. The number of hydrogen-bond donors (Lipinski definition) is 0. The molecule has 0 radical (unpaired) electrons. The Labute approximate surface area is 320 Å². The molecule has 2 rings (SSSR count). The average Bonchev–Trinajstić information content (AvgIpc) is 3.02. The van der Waals surface area contributed by atoms with E-state index in [4.69, 9.17) is 28.4 Å². The van der Waals surface area contributed by atoms with Gasteiger partial charge in [0.2, 0.25) is 0 Å². The van der Waals surface area contributed by atoms with Crippen molar-refractivity contribution in [1.29, 1.82) is 0 Å². The maximum absolute atomic E-state index is 12.0. The van der Waals surface area contributed by atoms with Crippen molar-refractivity contribution in [2.24, 2.45) is 0 Å². The number of benzene rings is 2. The fraction of sp³-hybridized carbons (Fsp3) is 0.429. The molecule has 2 aromatic carbocycles. The van der Waals surface area contributed by atoms with Crippen LogP contribution in [-0.2, 0) is 43.5 Å². The first-order valence-corrected chi connectivity index (χ1v) is 18.4. The van der Waals surface area contributed by atoms with Crippen molar-refractivity contribution in [2.45, 2.75) is 58.8 Å². The minimum Gasteiger partial charge on any atom is -0.488 e. The van der Waals surface area contributed by atoms with Crippen LogP contribution in [-0.4, -0.2) is 63.5 Å². The molecular formula is C35H40Br4O10. The average molecular weight is 940 g/mol. The molecule has 0 saturated heterocycles. The zero-order valence-electron chi connectivity index (χ0n) is 27.9. The molecule has 0 aromatic heterocycles. The second-order valence-corrected chi connectivity index (χ2v) is 14.8. The molecule has 0 N–H and O–H groups in total. The van der Waals surface area contributed by atoms with Crippen LogP contribution in [0.4, 0.5) is 0 Å². The van der Waals surface area contributed by atoms with Crippen molar-refractivity contribution in [1.82, 2.24) is 0 Å². The van der Waals surface area contributed by atoms with Gasteiger partial charge in [0.25, 0.3) is 0 Å². The molecule has 0 aliphatic carbocycles. The van der Waals surface area contributed by atoms with Gasteiger partial charge in [-0.1, -0.05) is 27.0 Å². The van der Waals surface area contributed by atoms with Gasteiger partial charge in [0.15, 0.2) is 0 Å². The summed E-state index contributed by atoms with van der Waals surface area (Å²) in [4.78, 5) is 46.8. The first kappa shape index (κ1) is 42.5. The molecule has 10 nitrogen and oxygen atoms in total. The topological polar surface area (TPSA) is 124 Å². The normalized spacial score (nSPS) is 10.9. The van der Waals surface area contributed by atoms with Crippen molar-refractivity contribution in [3.05, 3.63) is 77.6 Å². The minimum absolute atomic E-state index is 0.0597. The minimum atomic E-state index is -0.485. The SMILES string of the molecule is C=C(C)C(=O)OCCCC(=O)OCCOc1c(Br)cc(C(C)(C)c2cc(Br)c(OCCOC(=O)CCCOC(=O)C(=C)C)c(Br)c2)cc1Br. The number of esters is 4. The van der Waals surface area contributed by atoms with E-state index in [1.165, 1.54) is 0 Å². The Morgan fingerprint density at radius 1 is 0.571 bits per heavy atom. The van der Waals surface area contributed by atoms with E-state index in [9.17, 15) is 19.2 Å². The van der Waals surface area contributed by atoms with E-state index in [0.29, 0.717) is 35.5 Å². The van der Waals surface area contributed by atoms with E-state index < -0.39 is 29.3 Å². The van der Waals surface area contributed by atoms with Crippen molar-refractivity contribution in [2.75, 3.05) is 39.6 Å². The third kappa shape index (κ3) is 14.2. The largest absolute Gasteiger partial charge is 0.488 e. The molecule has 0 spiro atoms. The predicted octanol–water partition coefficient (Wildman–Crippen LogP) is 8.71. The van der Waals surface area contributed by atoms with E-state index in [1.807, 2.05) is 24.3 Å². The van der Waals surface area contributed by atoms with Crippen molar-refractivity contribution in [3.63, 3.8) is 0 Å². The van der Waals surface area contributed by atoms with Gasteiger partial charge in [-0.2, -0.15) is 0 Å². The number of carbonyl (C=O) groups is 4. The second kappa shape index (κ2) is 20.9. The Hall–Kier alpha value is -2.68. The number of ether oxygens (including phenoxy) is 6. The maximum atomic E-state index is 12.0. The van der Waals surface area contributed by atoms with Crippen LogP contribution >= 0.6 is 63.7 Å². The highest BCUT2D eigenvalue weighted by Crippen LogP contribution is 2.44. The molecule has 0 atom stereocenters. The Bertz CT molecular complexity index is 1380. The quantitative estimate of drug-likeness (QED) is 0.0552. The van der Waals surface area contributed by atoms with Gasteiger partial charge in [-0.05, 0) is 126 Å². The highest BCUT2D eigenvalue weighted by molar-refractivity contribution is 9.11. The van der Waals surface area contributed by atoms with Crippen LogP contribution < -0.4 is 9.47 Å². The first-order valence-electron chi connectivity index (χ1n) is 15.3. The molecule has 0 bridgehead atoms. The predicted molar refractivity (Wildman–Crippen MR) is 199 cm³/mol. The van der Waals surface area contributed by atoms with Gasteiger partial charge in [0.05, 0.1) is 31.1 Å². The summed E-state index contributed by atoms with van der Waals surface area (Å²) in [6.45, 7) is 15.0. The summed E-state index contributed by atoms with van der Waals surface area (Å²) >= 11 is 14.5. The Morgan fingerprint density at radius 3 is 1.20 bits per heavy atom. The monoisotopic (exact) mass is 936 g/mol. The highest BCUT2D eigenvalue weighted by atomic mass is 79.9. The van der Waals surface area contributed by atoms with E-state index >= 15 is 0 Å². The summed E-state index contributed by atoms with van der Waals surface area (Å²) in [5, 5.41) is 0. The number of halogens is 4. The van der Waals surface area contributed by atoms with Gasteiger partial charge < -0.3 is 28.4 Å². The lowest BCUT2D eigenvalue weighted by atomic mass is 9.78. The van der Waals surface area contributed by atoms with E-state index in [-0.39, 0.29) is 52.5 Å². The third-order valence-corrected chi connectivity index (χ3v) is 9.20. The number of rotatable bonds is 20. The molecule has 0 fully saturated rings. The van der Waals surface area contributed by atoms with E-state index in [1.54, 1.807) is 13.8 Å². The third-order valence-electron chi connectivity index (χ3n) is 6.84. The zero-order valence-corrected chi connectivity index (χ0v) is 34.2. The molecule has 14 heteroatoms. The molecule has 0 amide bonds.